The van der Waals surface area contributed by atoms with Crippen LogP contribution in [0.2, 0.25) is 0 Å². The Morgan fingerprint density at radius 2 is 0.952 bits per heavy atom. The van der Waals surface area contributed by atoms with Crippen LogP contribution in [0.4, 0.5) is 0 Å². The van der Waals surface area contributed by atoms with Gasteiger partial charge in [-0.1, -0.05) is 125 Å². The second kappa shape index (κ2) is 7.99. The molecule has 9 rings (SSSR count). The molecule has 0 nitrogen and oxygen atoms in total. The van der Waals surface area contributed by atoms with E-state index < -0.39 is 0 Å². The molecule has 0 atom stereocenters. The third kappa shape index (κ3) is 2.97. The molecule has 0 unspecified atom stereocenters. The standard InChI is InChI=1S/C42H32/c1-41(2)36-16-10-9-15-30(36)34-23-39-35(24-38(34)41)31-19-18-27(22-37(31)42(39,3)4)40-29-14-8-6-12-26(29)21-33-28-13-7-5-11-25(28)17-20-32(33)40/h5-24H,1-4H3. The molecular weight excluding hydrogens is 504 g/mol. The van der Waals surface area contributed by atoms with E-state index in [9.17, 15) is 0 Å². The van der Waals surface area contributed by atoms with Gasteiger partial charge in [-0.2, -0.15) is 0 Å². The van der Waals surface area contributed by atoms with Crippen LogP contribution >= 0.6 is 0 Å². The van der Waals surface area contributed by atoms with Crippen molar-refractivity contribution < 1.29 is 0 Å². The second-order valence-corrected chi connectivity index (χ2v) is 13.4. The molecule has 0 spiro atoms. The van der Waals surface area contributed by atoms with Crippen LogP contribution < -0.4 is 0 Å². The Hall–Kier alpha value is -4.68. The monoisotopic (exact) mass is 536 g/mol. The molecule has 0 aliphatic heterocycles. The molecular formula is C42H32. The lowest BCUT2D eigenvalue weighted by Gasteiger charge is -2.24. The second-order valence-electron chi connectivity index (χ2n) is 13.4. The summed E-state index contributed by atoms with van der Waals surface area (Å²) < 4.78 is 0. The topological polar surface area (TPSA) is 0 Å². The zero-order chi connectivity index (χ0) is 28.4. The van der Waals surface area contributed by atoms with Crippen LogP contribution in [-0.2, 0) is 10.8 Å². The molecule has 42 heavy (non-hydrogen) atoms. The molecule has 0 fully saturated rings. The molecule has 0 saturated heterocycles. The summed E-state index contributed by atoms with van der Waals surface area (Å²) in [6, 6.07) is 45.9. The molecule has 0 amide bonds. The smallest absolute Gasteiger partial charge is 0.0159 e. The predicted octanol–water partition coefficient (Wildman–Crippen LogP) is 11.4. The molecule has 200 valence electrons. The Bertz CT molecular complexity index is 2290. The summed E-state index contributed by atoms with van der Waals surface area (Å²) >= 11 is 0. The van der Waals surface area contributed by atoms with Gasteiger partial charge in [0.2, 0.25) is 0 Å². The Balaban J connectivity index is 1.30. The van der Waals surface area contributed by atoms with Crippen LogP contribution in [0.15, 0.2) is 121 Å². The van der Waals surface area contributed by atoms with Crippen LogP contribution in [0.25, 0.3) is 65.7 Å². The third-order valence-corrected chi connectivity index (χ3v) is 10.4. The summed E-state index contributed by atoms with van der Waals surface area (Å²) in [5.41, 5.74) is 13.9. The van der Waals surface area contributed by atoms with Gasteiger partial charge in [0, 0.05) is 10.8 Å². The van der Waals surface area contributed by atoms with E-state index in [2.05, 4.69) is 149 Å². The fourth-order valence-corrected chi connectivity index (χ4v) is 8.22. The Kier molecular flexibility index (Phi) is 4.56. The normalized spacial score (nSPS) is 15.5. The summed E-state index contributed by atoms with van der Waals surface area (Å²) in [5, 5.41) is 7.84. The van der Waals surface area contributed by atoms with E-state index in [1.165, 1.54) is 88.0 Å². The molecule has 0 N–H and O–H groups in total. The average molecular weight is 537 g/mol. The van der Waals surface area contributed by atoms with Crippen molar-refractivity contribution in [3.63, 3.8) is 0 Å². The molecule has 7 aromatic carbocycles. The minimum Gasteiger partial charge on any atom is -0.0619 e. The van der Waals surface area contributed by atoms with E-state index in [0.717, 1.165) is 0 Å². The van der Waals surface area contributed by atoms with Crippen molar-refractivity contribution in [2.75, 3.05) is 0 Å². The first-order valence-electron chi connectivity index (χ1n) is 15.1. The van der Waals surface area contributed by atoms with Gasteiger partial charge in [0.15, 0.2) is 0 Å². The lowest BCUT2D eigenvalue weighted by molar-refractivity contribution is 0.652. The van der Waals surface area contributed by atoms with Crippen molar-refractivity contribution >= 4 is 32.3 Å². The van der Waals surface area contributed by atoms with Gasteiger partial charge >= 0.3 is 0 Å². The van der Waals surface area contributed by atoms with Gasteiger partial charge in [0.25, 0.3) is 0 Å². The zero-order valence-corrected chi connectivity index (χ0v) is 24.5. The first-order valence-corrected chi connectivity index (χ1v) is 15.1. The molecule has 7 aromatic rings. The Morgan fingerprint density at radius 3 is 1.74 bits per heavy atom. The van der Waals surface area contributed by atoms with Crippen LogP contribution in [0.3, 0.4) is 0 Å². The van der Waals surface area contributed by atoms with E-state index in [-0.39, 0.29) is 10.8 Å². The van der Waals surface area contributed by atoms with Gasteiger partial charge in [-0.25, -0.2) is 0 Å². The van der Waals surface area contributed by atoms with Crippen LogP contribution in [0.5, 0.6) is 0 Å². The number of fused-ring (bicyclic) bond motifs is 10. The minimum atomic E-state index is -0.0928. The maximum atomic E-state index is 2.51. The molecule has 2 aliphatic rings. The molecule has 0 heterocycles. The molecule has 0 heteroatoms. The predicted molar refractivity (Wildman–Crippen MR) is 180 cm³/mol. The summed E-state index contributed by atoms with van der Waals surface area (Å²) in [5.74, 6) is 0. The van der Waals surface area contributed by atoms with Gasteiger partial charge in [0.1, 0.15) is 0 Å². The SMILES string of the molecule is CC1(C)c2ccccc2-c2cc3c(cc21)-c1ccc(-c2c4ccccc4cc4c2ccc2ccccc24)cc1C3(C)C. The fraction of sp³-hybridized carbons (Fsp3) is 0.143. The summed E-state index contributed by atoms with van der Waals surface area (Å²) in [6.07, 6.45) is 0. The Morgan fingerprint density at radius 1 is 0.357 bits per heavy atom. The van der Waals surface area contributed by atoms with Crippen molar-refractivity contribution in [3.05, 3.63) is 144 Å². The molecule has 0 saturated carbocycles. The number of hydrogen-bond donors (Lipinski definition) is 0. The largest absolute Gasteiger partial charge is 0.0619 e. The van der Waals surface area contributed by atoms with Crippen LogP contribution in [-0.4, -0.2) is 0 Å². The average Bonchev–Trinajstić information content (AvgIpc) is 3.38. The zero-order valence-electron chi connectivity index (χ0n) is 24.5. The highest BCUT2D eigenvalue weighted by Crippen LogP contribution is 2.56. The minimum absolute atomic E-state index is 0.00155. The first kappa shape index (κ1) is 24.0. The van der Waals surface area contributed by atoms with E-state index in [4.69, 9.17) is 0 Å². The maximum Gasteiger partial charge on any atom is 0.0159 e. The van der Waals surface area contributed by atoms with Crippen LogP contribution in [0.1, 0.15) is 49.9 Å². The lowest BCUT2D eigenvalue weighted by atomic mass is 9.79. The van der Waals surface area contributed by atoms with Crippen molar-refractivity contribution in [2.45, 2.75) is 38.5 Å². The quantitative estimate of drug-likeness (QED) is 0.145. The van der Waals surface area contributed by atoms with E-state index in [1.54, 1.807) is 0 Å². The molecule has 0 radical (unpaired) electrons. The van der Waals surface area contributed by atoms with Gasteiger partial charge in [-0.3, -0.25) is 0 Å². The van der Waals surface area contributed by atoms with Crippen molar-refractivity contribution in [2.24, 2.45) is 0 Å². The molecule has 0 bridgehead atoms. The Labute approximate surface area is 247 Å². The summed E-state index contributed by atoms with van der Waals surface area (Å²) in [7, 11) is 0. The van der Waals surface area contributed by atoms with Gasteiger partial charge < -0.3 is 0 Å². The lowest BCUT2D eigenvalue weighted by Crippen LogP contribution is -2.17. The summed E-state index contributed by atoms with van der Waals surface area (Å²) in [4.78, 5) is 0. The van der Waals surface area contributed by atoms with E-state index in [0.29, 0.717) is 0 Å². The van der Waals surface area contributed by atoms with Gasteiger partial charge in [-0.15, -0.1) is 0 Å². The third-order valence-electron chi connectivity index (χ3n) is 10.4. The van der Waals surface area contributed by atoms with Crippen molar-refractivity contribution in [3.8, 4) is 33.4 Å². The first-order chi connectivity index (χ1) is 20.3. The van der Waals surface area contributed by atoms with Crippen molar-refractivity contribution in [1.29, 1.82) is 0 Å². The van der Waals surface area contributed by atoms with Gasteiger partial charge in [-0.05, 0) is 112 Å². The fourth-order valence-electron chi connectivity index (χ4n) is 8.22. The van der Waals surface area contributed by atoms with E-state index >= 15 is 0 Å². The van der Waals surface area contributed by atoms with Gasteiger partial charge in [0.05, 0.1) is 0 Å². The maximum absolute atomic E-state index is 2.51. The molecule has 0 aromatic heterocycles. The summed E-state index contributed by atoms with van der Waals surface area (Å²) in [6.45, 7) is 9.58. The van der Waals surface area contributed by atoms with Crippen molar-refractivity contribution in [1.82, 2.24) is 0 Å². The highest BCUT2D eigenvalue weighted by molar-refractivity contribution is 6.20. The number of hydrogen-bond acceptors (Lipinski definition) is 0. The highest BCUT2D eigenvalue weighted by atomic mass is 14.4. The number of rotatable bonds is 1. The highest BCUT2D eigenvalue weighted by Gasteiger charge is 2.41. The van der Waals surface area contributed by atoms with E-state index in [1.807, 2.05) is 0 Å². The molecule has 2 aliphatic carbocycles. The van der Waals surface area contributed by atoms with Crippen LogP contribution in [0, 0.1) is 0 Å². The number of benzene rings is 7.